The minimum Gasteiger partial charge on any atom is -0.497 e. The van der Waals surface area contributed by atoms with E-state index >= 15 is 0 Å². The monoisotopic (exact) mass is 293 g/mol. The molecule has 0 bridgehead atoms. The van der Waals surface area contributed by atoms with Crippen molar-refractivity contribution in [1.29, 1.82) is 0 Å². The number of rotatable bonds is 12. The number of ether oxygens (including phenoxy) is 2. The number of unbranched alkanes of at least 4 members (excludes halogenated alkanes) is 4. The molecular formula is C18H31NO2. The maximum Gasteiger partial charge on any atom is 0.127 e. The Hall–Kier alpha value is -1.22. The highest BCUT2D eigenvalue weighted by molar-refractivity contribution is 5.40. The Labute approximate surface area is 130 Å². The van der Waals surface area contributed by atoms with Crippen molar-refractivity contribution in [3.8, 4) is 11.5 Å². The molecule has 1 aromatic carbocycles. The first-order chi connectivity index (χ1) is 10.3. The molecule has 0 aromatic heterocycles. The lowest BCUT2D eigenvalue weighted by atomic mass is 10.1. The Kier molecular flexibility index (Phi) is 9.71. The van der Waals surface area contributed by atoms with Crippen LogP contribution < -0.4 is 14.8 Å². The highest BCUT2D eigenvalue weighted by Crippen LogP contribution is 2.25. The van der Waals surface area contributed by atoms with Crippen molar-refractivity contribution in [1.82, 2.24) is 5.32 Å². The van der Waals surface area contributed by atoms with Crippen LogP contribution >= 0.6 is 0 Å². The van der Waals surface area contributed by atoms with Crippen molar-refractivity contribution in [3.63, 3.8) is 0 Å². The van der Waals surface area contributed by atoms with Crippen LogP contribution in [0.25, 0.3) is 0 Å². The van der Waals surface area contributed by atoms with Crippen LogP contribution in [0, 0.1) is 0 Å². The molecule has 0 amide bonds. The Morgan fingerprint density at radius 3 is 2.52 bits per heavy atom. The molecule has 120 valence electrons. The highest BCUT2D eigenvalue weighted by Gasteiger charge is 2.05. The summed E-state index contributed by atoms with van der Waals surface area (Å²) in [5.74, 6) is 1.81. The van der Waals surface area contributed by atoms with Gasteiger partial charge in [-0.15, -0.1) is 0 Å². The Bertz CT molecular complexity index is 379. The van der Waals surface area contributed by atoms with Gasteiger partial charge in [0.1, 0.15) is 11.5 Å². The van der Waals surface area contributed by atoms with E-state index in [2.05, 4.69) is 25.2 Å². The van der Waals surface area contributed by atoms with Crippen LogP contribution in [0.15, 0.2) is 18.2 Å². The van der Waals surface area contributed by atoms with Crippen molar-refractivity contribution in [2.24, 2.45) is 0 Å². The third-order valence-electron chi connectivity index (χ3n) is 3.52. The van der Waals surface area contributed by atoms with Gasteiger partial charge in [-0.25, -0.2) is 0 Å². The van der Waals surface area contributed by atoms with E-state index in [9.17, 15) is 0 Å². The minimum absolute atomic E-state index is 0.789. The Morgan fingerprint density at radius 1 is 1.00 bits per heavy atom. The molecule has 0 atom stereocenters. The summed E-state index contributed by atoms with van der Waals surface area (Å²) in [6.45, 7) is 7.08. The molecule has 3 nitrogen and oxygen atoms in total. The first kappa shape index (κ1) is 17.8. The van der Waals surface area contributed by atoms with Crippen LogP contribution in [0.4, 0.5) is 0 Å². The van der Waals surface area contributed by atoms with Gasteiger partial charge in [0.15, 0.2) is 0 Å². The van der Waals surface area contributed by atoms with Gasteiger partial charge in [-0.2, -0.15) is 0 Å². The summed E-state index contributed by atoms with van der Waals surface area (Å²) in [5.41, 5.74) is 1.21. The summed E-state index contributed by atoms with van der Waals surface area (Å²) in [6, 6.07) is 6.08. The molecule has 0 aliphatic carbocycles. The first-order valence-electron chi connectivity index (χ1n) is 8.32. The van der Waals surface area contributed by atoms with Gasteiger partial charge >= 0.3 is 0 Å². The molecule has 0 spiro atoms. The molecule has 0 unspecified atom stereocenters. The van der Waals surface area contributed by atoms with Crippen LogP contribution in [-0.4, -0.2) is 20.3 Å². The zero-order valence-corrected chi connectivity index (χ0v) is 13.9. The largest absolute Gasteiger partial charge is 0.497 e. The van der Waals surface area contributed by atoms with E-state index < -0.39 is 0 Å². The topological polar surface area (TPSA) is 30.5 Å². The number of nitrogens with one attached hydrogen (secondary N) is 1. The lowest BCUT2D eigenvalue weighted by molar-refractivity contribution is 0.298. The van der Waals surface area contributed by atoms with Crippen LogP contribution in [0.2, 0.25) is 0 Å². The van der Waals surface area contributed by atoms with Crippen LogP contribution in [0.1, 0.15) is 57.9 Å². The predicted molar refractivity (Wildman–Crippen MR) is 89.2 cm³/mol. The van der Waals surface area contributed by atoms with Crippen molar-refractivity contribution >= 4 is 0 Å². The minimum atomic E-state index is 0.789. The second-order valence-electron chi connectivity index (χ2n) is 5.41. The van der Waals surface area contributed by atoms with E-state index in [4.69, 9.17) is 9.47 Å². The van der Waals surface area contributed by atoms with Crippen molar-refractivity contribution < 1.29 is 9.47 Å². The fourth-order valence-electron chi connectivity index (χ4n) is 2.23. The molecule has 3 heteroatoms. The molecule has 1 N–H and O–H groups in total. The van der Waals surface area contributed by atoms with Gasteiger partial charge in [0.2, 0.25) is 0 Å². The molecule has 0 aliphatic heterocycles. The third-order valence-corrected chi connectivity index (χ3v) is 3.52. The standard InChI is InChI=1S/C18H31NO2/c1-4-6-7-8-9-13-21-18-14-17(20-3)11-10-16(18)15-19-12-5-2/h10-11,14,19H,4-9,12-13,15H2,1-3H3. The average molecular weight is 293 g/mol. The molecule has 0 radical (unpaired) electrons. The van der Waals surface area contributed by atoms with Gasteiger partial charge in [0.25, 0.3) is 0 Å². The smallest absolute Gasteiger partial charge is 0.127 e. The predicted octanol–water partition coefficient (Wildman–Crippen LogP) is 4.54. The zero-order chi connectivity index (χ0) is 15.3. The van der Waals surface area contributed by atoms with E-state index in [1.165, 1.54) is 31.2 Å². The van der Waals surface area contributed by atoms with Crippen LogP contribution in [0.5, 0.6) is 11.5 Å². The molecule has 0 saturated carbocycles. The van der Waals surface area contributed by atoms with Crippen molar-refractivity contribution in [2.45, 2.75) is 58.9 Å². The van der Waals surface area contributed by atoms with E-state index in [-0.39, 0.29) is 0 Å². The van der Waals surface area contributed by atoms with E-state index in [0.717, 1.165) is 44.0 Å². The highest BCUT2D eigenvalue weighted by atomic mass is 16.5. The lowest BCUT2D eigenvalue weighted by Gasteiger charge is -2.13. The number of hydrogen-bond donors (Lipinski definition) is 1. The quantitative estimate of drug-likeness (QED) is 0.574. The van der Waals surface area contributed by atoms with Gasteiger partial charge in [-0.05, 0) is 25.5 Å². The first-order valence-corrected chi connectivity index (χ1v) is 8.32. The van der Waals surface area contributed by atoms with Crippen LogP contribution in [0.3, 0.4) is 0 Å². The third kappa shape index (κ3) is 7.37. The molecule has 1 rings (SSSR count). The average Bonchev–Trinajstić information content (AvgIpc) is 2.52. The molecule has 0 aliphatic rings. The van der Waals surface area contributed by atoms with Gasteiger partial charge < -0.3 is 14.8 Å². The van der Waals surface area contributed by atoms with E-state index in [1.807, 2.05) is 12.1 Å². The summed E-state index contributed by atoms with van der Waals surface area (Å²) in [4.78, 5) is 0. The summed E-state index contributed by atoms with van der Waals surface area (Å²) in [7, 11) is 1.69. The molecule has 0 fully saturated rings. The second kappa shape index (κ2) is 11.4. The van der Waals surface area contributed by atoms with E-state index in [1.54, 1.807) is 7.11 Å². The Balaban J connectivity index is 2.47. The summed E-state index contributed by atoms with van der Waals surface area (Å²) >= 11 is 0. The number of benzene rings is 1. The van der Waals surface area contributed by atoms with Crippen molar-refractivity contribution in [2.75, 3.05) is 20.3 Å². The molecule has 0 saturated heterocycles. The molecule has 0 heterocycles. The van der Waals surface area contributed by atoms with Gasteiger partial charge in [0, 0.05) is 18.2 Å². The lowest BCUT2D eigenvalue weighted by Crippen LogP contribution is -2.15. The van der Waals surface area contributed by atoms with Gasteiger partial charge in [-0.3, -0.25) is 0 Å². The summed E-state index contributed by atoms with van der Waals surface area (Å²) in [6.07, 6.45) is 7.43. The summed E-state index contributed by atoms with van der Waals surface area (Å²) in [5, 5.41) is 3.43. The molecule has 1 aromatic rings. The fourth-order valence-corrected chi connectivity index (χ4v) is 2.23. The normalized spacial score (nSPS) is 10.6. The number of hydrogen-bond acceptors (Lipinski definition) is 3. The fraction of sp³-hybridized carbons (Fsp3) is 0.667. The van der Waals surface area contributed by atoms with Crippen molar-refractivity contribution in [3.05, 3.63) is 23.8 Å². The molecular weight excluding hydrogens is 262 g/mol. The Morgan fingerprint density at radius 2 is 1.81 bits per heavy atom. The maximum atomic E-state index is 5.97. The zero-order valence-electron chi connectivity index (χ0n) is 13.9. The number of methoxy groups -OCH3 is 1. The van der Waals surface area contributed by atoms with Crippen LogP contribution in [-0.2, 0) is 6.54 Å². The maximum absolute atomic E-state index is 5.97. The second-order valence-corrected chi connectivity index (χ2v) is 5.41. The SMILES string of the molecule is CCCCCCCOc1cc(OC)ccc1CNCCC. The van der Waals surface area contributed by atoms with Gasteiger partial charge in [0.05, 0.1) is 13.7 Å². The molecule has 21 heavy (non-hydrogen) atoms. The van der Waals surface area contributed by atoms with Gasteiger partial charge in [-0.1, -0.05) is 45.6 Å². The van der Waals surface area contributed by atoms with E-state index in [0.29, 0.717) is 0 Å². The summed E-state index contributed by atoms with van der Waals surface area (Å²) < 4.78 is 11.3.